The molecule has 0 fully saturated rings. The van der Waals surface area contributed by atoms with E-state index in [1.54, 1.807) is 6.33 Å². The summed E-state index contributed by atoms with van der Waals surface area (Å²) in [6.45, 7) is 9.42. The summed E-state index contributed by atoms with van der Waals surface area (Å²) in [6, 6.07) is 6.16. The normalized spacial score (nSPS) is 17.0. The van der Waals surface area contributed by atoms with Gasteiger partial charge in [-0.3, -0.25) is 0 Å². The number of aromatic amines is 1. The van der Waals surface area contributed by atoms with Gasteiger partial charge in [-0.15, -0.1) is 0 Å². The number of pyridine rings is 1. The van der Waals surface area contributed by atoms with Crippen molar-refractivity contribution in [2.75, 3.05) is 11.4 Å². The lowest BCUT2D eigenvalue weighted by Gasteiger charge is -2.34. The van der Waals surface area contributed by atoms with Crippen molar-refractivity contribution < 1.29 is 0 Å². The first-order chi connectivity index (χ1) is 13.9. The van der Waals surface area contributed by atoms with Crippen LogP contribution in [0.15, 0.2) is 43.1 Å². The number of H-pyrrole nitrogens is 1. The number of nitrogens with zero attached hydrogens (tertiary/aromatic N) is 6. The number of aromatic nitrogens is 6. The summed E-state index contributed by atoms with van der Waals surface area (Å²) in [7, 11) is 0. The molecule has 0 spiro atoms. The number of hydrogen-bond donors (Lipinski definition) is 1. The van der Waals surface area contributed by atoms with Crippen molar-refractivity contribution in [1.82, 2.24) is 29.5 Å². The highest BCUT2D eigenvalue weighted by Gasteiger charge is 2.34. The fraction of sp³-hybridized carbons (Fsp3) is 0.364. The van der Waals surface area contributed by atoms with Crippen LogP contribution in [0, 0.1) is 6.92 Å². The number of fused-ring (bicyclic) bond motifs is 2. The first kappa shape index (κ1) is 17.8. The Kier molecular flexibility index (Phi) is 3.94. The number of hydrogen-bond acceptors (Lipinski definition) is 5. The van der Waals surface area contributed by atoms with Crippen molar-refractivity contribution in [3.05, 3.63) is 71.3 Å². The van der Waals surface area contributed by atoms with Crippen molar-refractivity contribution in [2.45, 2.75) is 45.6 Å². The Morgan fingerprint density at radius 3 is 2.66 bits per heavy atom. The zero-order chi connectivity index (χ0) is 20.2. The molecule has 148 valence electrons. The largest absolute Gasteiger partial charge is 0.348 e. The predicted octanol–water partition coefficient (Wildman–Crippen LogP) is 3.61. The van der Waals surface area contributed by atoms with Gasteiger partial charge in [-0.25, -0.2) is 19.5 Å². The molecule has 0 saturated carbocycles. The Morgan fingerprint density at radius 2 is 1.93 bits per heavy atom. The minimum Gasteiger partial charge on any atom is -0.348 e. The third-order valence-corrected chi connectivity index (χ3v) is 5.70. The Morgan fingerprint density at radius 1 is 1.14 bits per heavy atom. The van der Waals surface area contributed by atoms with Gasteiger partial charge in [0.1, 0.15) is 6.04 Å². The zero-order valence-corrected chi connectivity index (χ0v) is 17.2. The van der Waals surface area contributed by atoms with E-state index >= 15 is 0 Å². The Labute approximate surface area is 169 Å². The van der Waals surface area contributed by atoms with Gasteiger partial charge in [0.05, 0.1) is 23.2 Å². The summed E-state index contributed by atoms with van der Waals surface area (Å²) in [5.74, 6) is 0.713. The molecule has 29 heavy (non-hydrogen) atoms. The van der Waals surface area contributed by atoms with Crippen LogP contribution in [0.3, 0.4) is 0 Å². The minimum absolute atomic E-state index is 0.0221. The van der Waals surface area contributed by atoms with Gasteiger partial charge in [0.25, 0.3) is 0 Å². The Hall–Kier alpha value is -3.22. The van der Waals surface area contributed by atoms with E-state index in [1.165, 1.54) is 5.56 Å². The second-order valence-electron chi connectivity index (χ2n) is 8.72. The lowest BCUT2D eigenvalue weighted by atomic mass is 9.89. The molecule has 0 saturated heterocycles. The fourth-order valence-corrected chi connectivity index (χ4v) is 3.96. The van der Waals surface area contributed by atoms with Crippen LogP contribution in [-0.4, -0.2) is 36.1 Å². The maximum absolute atomic E-state index is 4.87. The number of anilines is 1. The van der Waals surface area contributed by atoms with Crippen molar-refractivity contribution >= 4 is 11.5 Å². The maximum Gasteiger partial charge on any atom is 0.226 e. The van der Waals surface area contributed by atoms with Crippen LogP contribution in [0.4, 0.5) is 5.95 Å². The molecule has 0 aromatic carbocycles. The average molecular weight is 387 g/mol. The van der Waals surface area contributed by atoms with E-state index in [0.717, 1.165) is 41.1 Å². The summed E-state index contributed by atoms with van der Waals surface area (Å²) in [5, 5.41) is 4.87. The number of aryl methyl sites for hydroxylation is 1. The highest BCUT2D eigenvalue weighted by atomic mass is 15.3. The van der Waals surface area contributed by atoms with Gasteiger partial charge in [-0.1, -0.05) is 26.8 Å². The van der Waals surface area contributed by atoms with Crippen LogP contribution < -0.4 is 4.90 Å². The molecule has 0 unspecified atom stereocenters. The van der Waals surface area contributed by atoms with Gasteiger partial charge in [0, 0.05) is 37.3 Å². The summed E-state index contributed by atoms with van der Waals surface area (Å²) in [4.78, 5) is 19.6. The Balaban J connectivity index is 1.61. The van der Waals surface area contributed by atoms with E-state index in [9.17, 15) is 0 Å². The highest BCUT2D eigenvalue weighted by molar-refractivity contribution is 5.57. The predicted molar refractivity (Wildman–Crippen MR) is 112 cm³/mol. The standard InChI is InChI=1S/C22H25N7/c1-14-6-5-8-29-18(14)10-17(27-29)20-19-16(25-13-26-19)7-9-28(20)21-23-11-15(12-24-21)22(2,3)4/h5-6,8,10-13,20H,7,9H2,1-4H3,(H,25,26)/t20-/m1/s1. The molecule has 4 aromatic heterocycles. The second kappa shape index (κ2) is 6.40. The van der Waals surface area contributed by atoms with Crippen LogP contribution in [0.25, 0.3) is 5.52 Å². The van der Waals surface area contributed by atoms with Crippen molar-refractivity contribution in [1.29, 1.82) is 0 Å². The van der Waals surface area contributed by atoms with E-state index in [1.807, 2.05) is 29.2 Å². The summed E-state index contributed by atoms with van der Waals surface area (Å²) >= 11 is 0. The molecule has 1 N–H and O–H groups in total. The van der Waals surface area contributed by atoms with Crippen molar-refractivity contribution in [3.8, 4) is 0 Å². The average Bonchev–Trinajstić information content (AvgIpc) is 3.34. The van der Waals surface area contributed by atoms with Gasteiger partial charge >= 0.3 is 0 Å². The van der Waals surface area contributed by atoms with Gasteiger partial charge in [-0.2, -0.15) is 5.10 Å². The molecular weight excluding hydrogens is 362 g/mol. The van der Waals surface area contributed by atoms with Crippen molar-refractivity contribution in [2.24, 2.45) is 0 Å². The minimum atomic E-state index is -0.121. The van der Waals surface area contributed by atoms with Crippen LogP contribution >= 0.6 is 0 Å². The quantitative estimate of drug-likeness (QED) is 0.569. The number of imidazole rings is 1. The first-order valence-corrected chi connectivity index (χ1v) is 9.98. The molecule has 7 heteroatoms. The van der Waals surface area contributed by atoms with Crippen LogP contribution in [-0.2, 0) is 11.8 Å². The van der Waals surface area contributed by atoms with Crippen LogP contribution in [0.2, 0.25) is 0 Å². The molecule has 4 aromatic rings. The molecule has 1 aliphatic rings. The van der Waals surface area contributed by atoms with Gasteiger partial charge < -0.3 is 9.88 Å². The number of nitrogens with one attached hydrogen (secondary N) is 1. The Bertz CT molecular complexity index is 1160. The molecule has 5 rings (SSSR count). The molecule has 5 heterocycles. The van der Waals surface area contributed by atoms with E-state index in [-0.39, 0.29) is 11.5 Å². The SMILES string of the molecule is Cc1cccn2nc([C@@H]3c4nc[nH]c4CCN3c3ncc(C(C)(C)C)cn3)cc12. The summed E-state index contributed by atoms with van der Waals surface area (Å²) < 4.78 is 1.94. The topological polar surface area (TPSA) is 75.0 Å². The lowest BCUT2D eigenvalue weighted by Crippen LogP contribution is -2.37. The van der Waals surface area contributed by atoms with Crippen LogP contribution in [0.1, 0.15) is 55.0 Å². The van der Waals surface area contributed by atoms with E-state index in [4.69, 9.17) is 15.1 Å². The smallest absolute Gasteiger partial charge is 0.226 e. The van der Waals surface area contributed by atoms with Crippen molar-refractivity contribution in [3.63, 3.8) is 0 Å². The van der Waals surface area contributed by atoms with E-state index in [2.05, 4.69) is 54.7 Å². The molecule has 0 radical (unpaired) electrons. The second-order valence-corrected chi connectivity index (χ2v) is 8.72. The fourth-order valence-electron chi connectivity index (χ4n) is 3.96. The molecule has 1 aliphatic heterocycles. The van der Waals surface area contributed by atoms with E-state index < -0.39 is 0 Å². The lowest BCUT2D eigenvalue weighted by molar-refractivity contribution is 0.575. The third-order valence-electron chi connectivity index (χ3n) is 5.70. The van der Waals surface area contributed by atoms with Gasteiger partial charge in [0.2, 0.25) is 5.95 Å². The maximum atomic E-state index is 4.87. The first-order valence-electron chi connectivity index (χ1n) is 9.98. The van der Waals surface area contributed by atoms with Gasteiger partial charge in [0.15, 0.2) is 0 Å². The monoisotopic (exact) mass is 387 g/mol. The molecule has 7 nitrogen and oxygen atoms in total. The summed E-state index contributed by atoms with van der Waals surface area (Å²) in [5.41, 5.74) is 6.56. The molecular formula is C22H25N7. The number of rotatable bonds is 2. The summed E-state index contributed by atoms with van der Waals surface area (Å²) in [6.07, 6.45) is 8.51. The third kappa shape index (κ3) is 2.97. The van der Waals surface area contributed by atoms with Crippen LogP contribution in [0.5, 0.6) is 0 Å². The molecule has 0 amide bonds. The zero-order valence-electron chi connectivity index (χ0n) is 17.2. The highest BCUT2D eigenvalue weighted by Crippen LogP contribution is 2.35. The molecule has 0 bridgehead atoms. The molecule has 0 aliphatic carbocycles. The van der Waals surface area contributed by atoms with E-state index in [0.29, 0.717) is 5.95 Å². The van der Waals surface area contributed by atoms with Gasteiger partial charge in [-0.05, 0) is 35.6 Å². The molecule has 1 atom stereocenters.